The molecule has 0 aliphatic heterocycles. The summed E-state index contributed by atoms with van der Waals surface area (Å²) in [5.74, 6) is 0.187. The molecule has 0 bridgehead atoms. The molecule has 2 aromatic heterocycles. The summed E-state index contributed by atoms with van der Waals surface area (Å²) >= 11 is 0. The lowest BCUT2D eigenvalue weighted by molar-refractivity contribution is 0.657. The minimum Gasteiger partial charge on any atom is -0.369 e. The highest BCUT2D eigenvalue weighted by Gasteiger charge is 2.27. The van der Waals surface area contributed by atoms with Crippen LogP contribution in [0.3, 0.4) is 0 Å². The van der Waals surface area contributed by atoms with Crippen molar-refractivity contribution in [3.63, 3.8) is 0 Å². The van der Waals surface area contributed by atoms with Crippen molar-refractivity contribution in [3.05, 3.63) is 59.2 Å². The number of nitrogens with two attached hydrogens (primary N) is 2. The maximum Gasteiger partial charge on any atom is 0.211 e. The Morgan fingerprint density at radius 1 is 1.14 bits per heavy atom. The van der Waals surface area contributed by atoms with Crippen molar-refractivity contribution in [1.29, 1.82) is 0 Å². The molecule has 0 fully saturated rings. The number of rotatable bonds is 2. The molecule has 0 radical (unpaired) electrons. The van der Waals surface area contributed by atoms with E-state index in [-0.39, 0.29) is 11.9 Å². The van der Waals surface area contributed by atoms with Crippen LogP contribution in [0.1, 0.15) is 34.9 Å². The third kappa shape index (κ3) is 2.81. The highest BCUT2D eigenvalue weighted by molar-refractivity contribution is 6.04. The Balaban J connectivity index is 2.06. The zero-order valence-electron chi connectivity index (χ0n) is 12.4. The molecule has 22 heavy (non-hydrogen) atoms. The summed E-state index contributed by atoms with van der Waals surface area (Å²) in [7, 11) is 0. The highest BCUT2D eigenvalue weighted by atomic mass is 15.3. The first-order valence-electron chi connectivity index (χ1n) is 7.16. The predicted octanol–water partition coefficient (Wildman–Crippen LogP) is 1.49. The van der Waals surface area contributed by atoms with Crippen molar-refractivity contribution >= 4 is 11.7 Å². The Kier molecular flexibility index (Phi) is 3.82. The minimum atomic E-state index is -0.0458. The van der Waals surface area contributed by atoms with Crippen LogP contribution in [0.15, 0.2) is 46.9 Å². The van der Waals surface area contributed by atoms with Crippen LogP contribution in [0.2, 0.25) is 0 Å². The Bertz CT molecular complexity index is 732. The average Bonchev–Trinajstić information content (AvgIpc) is 2.53. The van der Waals surface area contributed by atoms with Gasteiger partial charge in [-0.3, -0.25) is 9.97 Å². The molecule has 3 rings (SSSR count). The van der Waals surface area contributed by atoms with E-state index < -0.39 is 0 Å². The van der Waals surface area contributed by atoms with E-state index >= 15 is 0 Å². The molecule has 0 amide bonds. The topological polar surface area (TPSA) is 103 Å². The van der Waals surface area contributed by atoms with Gasteiger partial charge < -0.3 is 11.5 Å². The first-order valence-corrected chi connectivity index (χ1v) is 7.16. The average molecular weight is 294 g/mol. The fraction of sp³-hybridized carbons (Fsp3) is 0.250. The number of fused-ring (bicyclic) bond motifs is 1. The van der Waals surface area contributed by atoms with Crippen LogP contribution in [0.25, 0.3) is 0 Å². The van der Waals surface area contributed by atoms with Crippen molar-refractivity contribution in [2.24, 2.45) is 21.7 Å². The summed E-state index contributed by atoms with van der Waals surface area (Å²) in [6.07, 6.45) is 5.22. The van der Waals surface area contributed by atoms with E-state index in [0.717, 1.165) is 41.1 Å². The molecular formula is C16H18N6. The number of hydrogen-bond acceptors (Lipinski definition) is 4. The van der Waals surface area contributed by atoms with Gasteiger partial charge in [0.25, 0.3) is 0 Å². The van der Waals surface area contributed by atoms with Gasteiger partial charge in [0.2, 0.25) is 5.96 Å². The molecule has 1 aliphatic rings. The predicted molar refractivity (Wildman–Crippen MR) is 86.6 cm³/mol. The molecule has 2 heterocycles. The molecule has 6 heteroatoms. The summed E-state index contributed by atoms with van der Waals surface area (Å²) in [5.41, 5.74) is 15.9. The van der Waals surface area contributed by atoms with Crippen LogP contribution >= 0.6 is 0 Å². The molecule has 0 aromatic carbocycles. The quantitative estimate of drug-likeness (QED) is 0.497. The van der Waals surface area contributed by atoms with Gasteiger partial charge in [-0.15, -0.1) is 5.10 Å². The summed E-state index contributed by atoms with van der Waals surface area (Å²) < 4.78 is 0. The SMILES string of the molecule is Cc1ccnc2c1C(=NN=C(N)N)CC(c1ccccn1)C2. The van der Waals surface area contributed by atoms with Crippen LogP contribution in [0, 0.1) is 6.92 Å². The third-order valence-corrected chi connectivity index (χ3v) is 3.80. The van der Waals surface area contributed by atoms with Gasteiger partial charge in [-0.1, -0.05) is 6.07 Å². The molecule has 6 nitrogen and oxygen atoms in total. The monoisotopic (exact) mass is 294 g/mol. The lowest BCUT2D eigenvalue weighted by atomic mass is 9.82. The first kappa shape index (κ1) is 14.2. The van der Waals surface area contributed by atoms with Gasteiger partial charge in [-0.2, -0.15) is 5.10 Å². The van der Waals surface area contributed by atoms with Gasteiger partial charge in [-0.05, 0) is 37.1 Å². The maximum atomic E-state index is 5.41. The molecule has 0 spiro atoms. The van der Waals surface area contributed by atoms with Gasteiger partial charge in [0.05, 0.1) is 11.4 Å². The van der Waals surface area contributed by atoms with E-state index in [1.807, 2.05) is 37.4 Å². The van der Waals surface area contributed by atoms with Gasteiger partial charge in [-0.25, -0.2) is 0 Å². The Hall–Kier alpha value is -2.76. The van der Waals surface area contributed by atoms with Gasteiger partial charge in [0.15, 0.2) is 0 Å². The van der Waals surface area contributed by atoms with E-state index in [9.17, 15) is 0 Å². The number of pyridine rings is 2. The van der Waals surface area contributed by atoms with Gasteiger partial charge in [0, 0.05) is 36.0 Å². The molecule has 0 saturated heterocycles. The van der Waals surface area contributed by atoms with E-state index in [0.29, 0.717) is 0 Å². The second-order valence-electron chi connectivity index (χ2n) is 5.38. The Morgan fingerprint density at radius 3 is 2.73 bits per heavy atom. The first-order chi connectivity index (χ1) is 10.6. The third-order valence-electron chi connectivity index (χ3n) is 3.80. The van der Waals surface area contributed by atoms with E-state index in [2.05, 4.69) is 20.2 Å². The highest BCUT2D eigenvalue weighted by Crippen LogP contribution is 2.32. The fourth-order valence-corrected chi connectivity index (χ4v) is 2.84. The van der Waals surface area contributed by atoms with Gasteiger partial charge in [0.1, 0.15) is 0 Å². The molecule has 112 valence electrons. The molecule has 4 N–H and O–H groups in total. The smallest absolute Gasteiger partial charge is 0.211 e. The van der Waals surface area contributed by atoms with Crippen LogP contribution in [0.4, 0.5) is 0 Å². The summed E-state index contributed by atoms with van der Waals surface area (Å²) in [5, 5.41) is 8.08. The maximum absolute atomic E-state index is 5.41. The lowest BCUT2D eigenvalue weighted by Gasteiger charge is -2.25. The van der Waals surface area contributed by atoms with Crippen molar-refractivity contribution in [1.82, 2.24) is 9.97 Å². The molecule has 1 aliphatic carbocycles. The van der Waals surface area contributed by atoms with Crippen molar-refractivity contribution < 1.29 is 0 Å². The van der Waals surface area contributed by atoms with Crippen LogP contribution in [-0.4, -0.2) is 21.6 Å². The number of hydrogen-bond donors (Lipinski definition) is 2. The van der Waals surface area contributed by atoms with E-state index in [4.69, 9.17) is 11.5 Å². The molecule has 1 atom stereocenters. The molecule has 2 aromatic rings. The second kappa shape index (κ2) is 5.93. The summed E-state index contributed by atoms with van der Waals surface area (Å²) in [6, 6.07) is 7.92. The van der Waals surface area contributed by atoms with Crippen molar-refractivity contribution in [3.8, 4) is 0 Å². The Labute approximate surface area is 129 Å². The zero-order chi connectivity index (χ0) is 15.5. The number of aromatic nitrogens is 2. The summed E-state index contributed by atoms with van der Waals surface area (Å²) in [4.78, 5) is 8.97. The normalized spacial score (nSPS) is 18.8. The Morgan fingerprint density at radius 2 is 2.00 bits per heavy atom. The van der Waals surface area contributed by atoms with Crippen molar-refractivity contribution in [2.75, 3.05) is 0 Å². The molecular weight excluding hydrogens is 276 g/mol. The largest absolute Gasteiger partial charge is 0.369 e. The summed E-state index contributed by atoms with van der Waals surface area (Å²) in [6.45, 7) is 2.05. The van der Waals surface area contributed by atoms with Crippen LogP contribution in [0.5, 0.6) is 0 Å². The van der Waals surface area contributed by atoms with E-state index in [1.54, 1.807) is 6.20 Å². The van der Waals surface area contributed by atoms with E-state index in [1.165, 1.54) is 0 Å². The number of guanidine groups is 1. The minimum absolute atomic E-state index is 0.0458. The number of aryl methyl sites for hydroxylation is 1. The van der Waals surface area contributed by atoms with Crippen LogP contribution < -0.4 is 11.5 Å². The van der Waals surface area contributed by atoms with Crippen LogP contribution in [-0.2, 0) is 6.42 Å². The van der Waals surface area contributed by atoms with Gasteiger partial charge >= 0.3 is 0 Å². The lowest BCUT2D eigenvalue weighted by Crippen LogP contribution is -2.24. The van der Waals surface area contributed by atoms with Crippen molar-refractivity contribution in [2.45, 2.75) is 25.7 Å². The second-order valence-corrected chi connectivity index (χ2v) is 5.38. The fourth-order valence-electron chi connectivity index (χ4n) is 2.84. The number of nitrogens with zero attached hydrogens (tertiary/aromatic N) is 4. The standard InChI is InChI=1S/C16H18N6/c1-10-5-7-20-13-8-11(12-4-2-3-6-19-12)9-14(15(10)13)21-22-16(17)18/h2-7,11H,8-9H2,1H3,(H4,17,18,22). The zero-order valence-corrected chi connectivity index (χ0v) is 12.4. The molecule has 1 unspecified atom stereocenters. The molecule has 0 saturated carbocycles.